The Kier molecular flexibility index (Phi) is 4.19. The Morgan fingerprint density at radius 3 is 3.14 bits per heavy atom. The van der Waals surface area contributed by atoms with Gasteiger partial charge in [0.15, 0.2) is 5.65 Å². The summed E-state index contributed by atoms with van der Waals surface area (Å²) < 4.78 is 5.74. The van der Waals surface area contributed by atoms with Crippen molar-refractivity contribution in [1.82, 2.24) is 20.2 Å². The smallest absolute Gasteiger partial charge is 0.226 e. The number of anilines is 2. The van der Waals surface area contributed by atoms with Crippen molar-refractivity contribution in [3.8, 4) is 0 Å². The molecule has 2 N–H and O–H groups in total. The zero-order valence-corrected chi connectivity index (χ0v) is 12.6. The Bertz CT molecular complexity index is 598. The number of morpholine rings is 1. The minimum Gasteiger partial charge on any atom is -0.375 e. The third kappa shape index (κ3) is 2.92. The molecule has 3 heterocycles. The number of ether oxygens (including phenoxy) is 1. The Hall–Kier alpha value is -1.89. The van der Waals surface area contributed by atoms with Crippen molar-refractivity contribution >= 4 is 22.8 Å². The molecule has 21 heavy (non-hydrogen) atoms. The van der Waals surface area contributed by atoms with Crippen LogP contribution in [0.4, 0.5) is 11.8 Å². The van der Waals surface area contributed by atoms with E-state index in [0.29, 0.717) is 5.95 Å². The highest BCUT2D eigenvalue weighted by Gasteiger charge is 2.23. The van der Waals surface area contributed by atoms with Crippen LogP contribution in [0.2, 0.25) is 0 Å². The zero-order chi connectivity index (χ0) is 14.7. The molecule has 0 aromatic carbocycles. The highest BCUT2D eigenvalue weighted by molar-refractivity contribution is 5.87. The minimum atomic E-state index is 0.266. The fraction of sp³-hybridized carbons (Fsp3) is 0.643. The van der Waals surface area contributed by atoms with Gasteiger partial charge >= 0.3 is 0 Å². The van der Waals surface area contributed by atoms with E-state index in [-0.39, 0.29) is 6.10 Å². The van der Waals surface area contributed by atoms with Crippen LogP contribution in [0.15, 0.2) is 6.20 Å². The molecule has 7 nitrogen and oxygen atoms in total. The van der Waals surface area contributed by atoms with Gasteiger partial charge in [-0.15, -0.1) is 0 Å². The zero-order valence-electron chi connectivity index (χ0n) is 12.6. The van der Waals surface area contributed by atoms with E-state index in [0.717, 1.165) is 55.9 Å². The van der Waals surface area contributed by atoms with Crippen molar-refractivity contribution in [2.24, 2.45) is 0 Å². The van der Waals surface area contributed by atoms with Crippen molar-refractivity contribution in [3.05, 3.63) is 6.20 Å². The van der Waals surface area contributed by atoms with Gasteiger partial charge in [-0.05, 0) is 12.8 Å². The normalized spacial score (nSPS) is 19.1. The number of H-pyrrole nitrogens is 1. The van der Waals surface area contributed by atoms with Crippen LogP contribution in [0, 0.1) is 0 Å². The Balaban J connectivity index is 1.93. The van der Waals surface area contributed by atoms with E-state index in [1.807, 2.05) is 0 Å². The molecule has 1 fully saturated rings. The van der Waals surface area contributed by atoms with E-state index in [1.165, 1.54) is 0 Å². The first-order chi connectivity index (χ1) is 10.3. The number of nitrogens with one attached hydrogen (secondary N) is 2. The number of fused-ring (bicyclic) bond motifs is 1. The van der Waals surface area contributed by atoms with Crippen LogP contribution < -0.4 is 10.2 Å². The summed E-state index contributed by atoms with van der Waals surface area (Å²) in [5.41, 5.74) is 0.776. The first-order valence-electron chi connectivity index (χ1n) is 7.63. The molecule has 0 bridgehead atoms. The number of hydrogen-bond donors (Lipinski definition) is 2. The predicted octanol–water partition coefficient (Wildman–Crippen LogP) is 1.79. The molecule has 2 aromatic heterocycles. The third-order valence-electron chi connectivity index (χ3n) is 3.72. The van der Waals surface area contributed by atoms with Gasteiger partial charge < -0.3 is 15.0 Å². The van der Waals surface area contributed by atoms with Crippen LogP contribution in [-0.4, -0.2) is 52.5 Å². The van der Waals surface area contributed by atoms with Crippen molar-refractivity contribution < 1.29 is 4.74 Å². The Morgan fingerprint density at radius 2 is 2.33 bits per heavy atom. The summed E-state index contributed by atoms with van der Waals surface area (Å²) in [7, 11) is 0. The molecule has 2 aromatic rings. The second-order valence-corrected chi connectivity index (χ2v) is 5.28. The molecule has 1 atom stereocenters. The molecule has 1 aliphatic heterocycles. The van der Waals surface area contributed by atoms with E-state index in [4.69, 9.17) is 9.72 Å². The van der Waals surface area contributed by atoms with Crippen LogP contribution in [-0.2, 0) is 4.74 Å². The van der Waals surface area contributed by atoms with Gasteiger partial charge in [0.2, 0.25) is 5.95 Å². The number of hydrogen-bond acceptors (Lipinski definition) is 6. The van der Waals surface area contributed by atoms with Gasteiger partial charge in [0.1, 0.15) is 5.82 Å². The summed E-state index contributed by atoms with van der Waals surface area (Å²) in [6, 6.07) is 0. The van der Waals surface area contributed by atoms with E-state index >= 15 is 0 Å². The molecular formula is C14H22N6O. The molecule has 0 amide bonds. The number of rotatable bonds is 5. The van der Waals surface area contributed by atoms with E-state index in [2.05, 4.69) is 39.2 Å². The summed E-state index contributed by atoms with van der Waals surface area (Å²) in [5, 5.41) is 11.3. The monoisotopic (exact) mass is 290 g/mol. The van der Waals surface area contributed by atoms with Crippen LogP contribution in [0.5, 0.6) is 0 Å². The van der Waals surface area contributed by atoms with Gasteiger partial charge in [-0.3, -0.25) is 5.10 Å². The molecule has 3 rings (SSSR count). The van der Waals surface area contributed by atoms with Crippen molar-refractivity contribution in [2.45, 2.75) is 32.8 Å². The lowest BCUT2D eigenvalue weighted by Crippen LogP contribution is -2.42. The Morgan fingerprint density at radius 1 is 1.43 bits per heavy atom. The van der Waals surface area contributed by atoms with Gasteiger partial charge in [0.05, 0.1) is 24.3 Å². The summed E-state index contributed by atoms with van der Waals surface area (Å²) >= 11 is 0. The Labute approximate surface area is 124 Å². The lowest BCUT2D eigenvalue weighted by Gasteiger charge is -2.33. The molecule has 0 saturated carbocycles. The highest BCUT2D eigenvalue weighted by Crippen LogP contribution is 2.25. The second kappa shape index (κ2) is 6.26. The van der Waals surface area contributed by atoms with Crippen molar-refractivity contribution in [3.63, 3.8) is 0 Å². The van der Waals surface area contributed by atoms with Crippen LogP contribution >= 0.6 is 0 Å². The van der Waals surface area contributed by atoms with Gasteiger partial charge in [0, 0.05) is 19.6 Å². The highest BCUT2D eigenvalue weighted by atomic mass is 16.5. The molecule has 1 saturated heterocycles. The lowest BCUT2D eigenvalue weighted by molar-refractivity contribution is 0.0383. The van der Waals surface area contributed by atoms with E-state index in [9.17, 15) is 0 Å². The summed E-state index contributed by atoms with van der Waals surface area (Å²) in [6.07, 6.45) is 4.11. The van der Waals surface area contributed by atoms with Gasteiger partial charge in [-0.25, -0.2) is 0 Å². The molecule has 0 spiro atoms. The average molecular weight is 290 g/mol. The first-order valence-corrected chi connectivity index (χ1v) is 7.63. The quantitative estimate of drug-likeness (QED) is 0.874. The third-order valence-corrected chi connectivity index (χ3v) is 3.72. The minimum absolute atomic E-state index is 0.266. The number of aromatic nitrogens is 4. The second-order valence-electron chi connectivity index (χ2n) is 5.28. The van der Waals surface area contributed by atoms with Crippen LogP contribution in [0.25, 0.3) is 11.0 Å². The average Bonchev–Trinajstić information content (AvgIpc) is 3.00. The van der Waals surface area contributed by atoms with Gasteiger partial charge in [0.25, 0.3) is 0 Å². The van der Waals surface area contributed by atoms with Crippen LogP contribution in [0.3, 0.4) is 0 Å². The fourth-order valence-corrected chi connectivity index (χ4v) is 2.54. The molecule has 0 radical (unpaired) electrons. The fourth-order valence-electron chi connectivity index (χ4n) is 2.54. The SMILES string of the molecule is CCCNc1nc(N2CCOC(CC)C2)c2cn[nH]c2n1. The lowest BCUT2D eigenvalue weighted by atomic mass is 10.2. The summed E-state index contributed by atoms with van der Waals surface area (Å²) in [6.45, 7) is 7.58. The number of aromatic amines is 1. The first kappa shape index (κ1) is 14.1. The van der Waals surface area contributed by atoms with Crippen molar-refractivity contribution in [2.75, 3.05) is 36.5 Å². The summed E-state index contributed by atoms with van der Waals surface area (Å²) in [5.74, 6) is 1.59. The predicted molar refractivity (Wildman–Crippen MR) is 82.7 cm³/mol. The largest absolute Gasteiger partial charge is 0.375 e. The van der Waals surface area contributed by atoms with Gasteiger partial charge in [-0.2, -0.15) is 15.1 Å². The maximum atomic E-state index is 5.74. The topological polar surface area (TPSA) is 79.0 Å². The number of nitrogens with zero attached hydrogens (tertiary/aromatic N) is 4. The molecule has 1 unspecified atom stereocenters. The maximum absolute atomic E-state index is 5.74. The molecule has 1 aliphatic rings. The van der Waals surface area contributed by atoms with Crippen LogP contribution in [0.1, 0.15) is 26.7 Å². The van der Waals surface area contributed by atoms with Crippen molar-refractivity contribution in [1.29, 1.82) is 0 Å². The van der Waals surface area contributed by atoms with Gasteiger partial charge in [-0.1, -0.05) is 13.8 Å². The van der Waals surface area contributed by atoms with E-state index in [1.54, 1.807) is 6.20 Å². The molecular weight excluding hydrogens is 268 g/mol. The van der Waals surface area contributed by atoms with E-state index < -0.39 is 0 Å². The maximum Gasteiger partial charge on any atom is 0.226 e. The molecule has 7 heteroatoms. The molecule has 0 aliphatic carbocycles. The summed E-state index contributed by atoms with van der Waals surface area (Å²) in [4.78, 5) is 11.4. The standard InChI is InChI=1S/C14H22N6O/c1-3-5-15-14-17-12-11(8-16-19-12)13(18-14)20-6-7-21-10(4-2)9-20/h8,10H,3-7,9H2,1-2H3,(H2,15,16,17,18,19). The molecule has 114 valence electrons.